The molecule has 100 valence electrons. The Morgan fingerprint density at radius 2 is 1.89 bits per heavy atom. The van der Waals surface area contributed by atoms with Crippen LogP contribution in [0.5, 0.6) is 0 Å². The minimum absolute atomic E-state index is 0.138. The van der Waals surface area contributed by atoms with Gasteiger partial charge in [0.15, 0.2) is 0 Å². The Morgan fingerprint density at radius 3 is 2.44 bits per heavy atom. The Labute approximate surface area is 109 Å². The molecule has 0 saturated heterocycles. The van der Waals surface area contributed by atoms with Crippen molar-refractivity contribution in [3.05, 3.63) is 11.6 Å². The van der Waals surface area contributed by atoms with Gasteiger partial charge in [-0.05, 0) is 32.6 Å². The lowest BCUT2D eigenvalue weighted by molar-refractivity contribution is 0.215. The molecule has 4 heteroatoms. The first-order chi connectivity index (χ1) is 8.77. The molecule has 2 saturated carbocycles. The highest BCUT2D eigenvalue weighted by Crippen LogP contribution is 2.44. The lowest BCUT2D eigenvalue weighted by Crippen LogP contribution is -2.44. The Morgan fingerprint density at radius 1 is 1.17 bits per heavy atom. The van der Waals surface area contributed by atoms with Crippen LogP contribution in [0, 0.1) is 6.92 Å². The van der Waals surface area contributed by atoms with Crippen molar-refractivity contribution in [1.29, 1.82) is 0 Å². The van der Waals surface area contributed by atoms with E-state index >= 15 is 0 Å². The van der Waals surface area contributed by atoms with Crippen molar-refractivity contribution in [3.8, 4) is 0 Å². The largest absolute Gasteiger partial charge is 0.329 e. The molecule has 0 unspecified atom stereocenters. The summed E-state index contributed by atoms with van der Waals surface area (Å²) in [6.45, 7) is 2.81. The van der Waals surface area contributed by atoms with Crippen LogP contribution in [0.1, 0.15) is 69.1 Å². The van der Waals surface area contributed by atoms with Gasteiger partial charge < -0.3 is 10.3 Å². The minimum Gasteiger partial charge on any atom is -0.329 e. The predicted octanol–water partition coefficient (Wildman–Crippen LogP) is 2.47. The van der Waals surface area contributed by atoms with E-state index in [1.807, 2.05) is 0 Å². The smallest absolute Gasteiger partial charge is 0.140 e. The van der Waals surface area contributed by atoms with Crippen LogP contribution in [0.25, 0.3) is 0 Å². The number of nitrogens with zero attached hydrogens (tertiary/aromatic N) is 3. The second-order valence-electron chi connectivity index (χ2n) is 6.07. The van der Waals surface area contributed by atoms with Gasteiger partial charge in [0.25, 0.3) is 0 Å². The van der Waals surface area contributed by atoms with Crippen LogP contribution < -0.4 is 5.73 Å². The number of nitrogens with two attached hydrogens (primary N) is 1. The van der Waals surface area contributed by atoms with Crippen molar-refractivity contribution in [2.24, 2.45) is 5.73 Å². The molecule has 0 radical (unpaired) electrons. The quantitative estimate of drug-likeness (QED) is 0.894. The summed E-state index contributed by atoms with van der Waals surface area (Å²) in [5.74, 6) is 2.26. The Balaban J connectivity index is 1.95. The highest BCUT2D eigenvalue weighted by atomic mass is 15.3. The van der Waals surface area contributed by atoms with E-state index in [0.29, 0.717) is 6.04 Å². The van der Waals surface area contributed by atoms with E-state index < -0.39 is 0 Å². The molecular formula is C14H24N4. The molecule has 0 aromatic carbocycles. The van der Waals surface area contributed by atoms with E-state index in [0.717, 1.165) is 12.4 Å². The normalized spacial score (nSPS) is 23.9. The number of aryl methyl sites for hydroxylation is 1. The fraction of sp³-hybridized carbons (Fsp3) is 0.857. The third kappa shape index (κ3) is 1.78. The van der Waals surface area contributed by atoms with Crippen molar-refractivity contribution < 1.29 is 0 Å². The molecule has 1 aromatic heterocycles. The summed E-state index contributed by atoms with van der Waals surface area (Å²) in [5, 5.41) is 8.83. The monoisotopic (exact) mass is 248 g/mol. The number of rotatable bonds is 3. The SMILES string of the molecule is Cc1nnc(C2(CN)CCC2)n1C1CCCCC1. The van der Waals surface area contributed by atoms with Crippen molar-refractivity contribution in [2.75, 3.05) is 6.54 Å². The van der Waals surface area contributed by atoms with E-state index in [4.69, 9.17) is 5.73 Å². The van der Waals surface area contributed by atoms with Crippen LogP contribution in [0.2, 0.25) is 0 Å². The van der Waals surface area contributed by atoms with Gasteiger partial charge in [0.1, 0.15) is 11.6 Å². The Bertz CT molecular complexity index is 408. The molecule has 0 amide bonds. The molecule has 18 heavy (non-hydrogen) atoms. The third-order valence-corrected chi connectivity index (χ3v) is 4.98. The number of aromatic nitrogens is 3. The summed E-state index contributed by atoms with van der Waals surface area (Å²) < 4.78 is 2.42. The van der Waals surface area contributed by atoms with Crippen molar-refractivity contribution >= 4 is 0 Å². The fourth-order valence-electron chi connectivity index (χ4n) is 3.63. The van der Waals surface area contributed by atoms with Gasteiger partial charge >= 0.3 is 0 Å². The van der Waals surface area contributed by atoms with E-state index in [1.165, 1.54) is 57.2 Å². The molecule has 0 spiro atoms. The van der Waals surface area contributed by atoms with E-state index in [1.54, 1.807) is 0 Å². The zero-order valence-corrected chi connectivity index (χ0v) is 11.4. The first-order valence-electron chi connectivity index (χ1n) is 7.39. The van der Waals surface area contributed by atoms with Crippen molar-refractivity contribution in [1.82, 2.24) is 14.8 Å². The fourth-order valence-corrected chi connectivity index (χ4v) is 3.63. The summed E-state index contributed by atoms with van der Waals surface area (Å²) in [7, 11) is 0. The van der Waals surface area contributed by atoms with Crippen LogP contribution in [0.15, 0.2) is 0 Å². The molecule has 2 N–H and O–H groups in total. The molecular weight excluding hydrogens is 224 g/mol. The summed E-state index contributed by atoms with van der Waals surface area (Å²) in [4.78, 5) is 0. The Hall–Kier alpha value is -0.900. The third-order valence-electron chi connectivity index (χ3n) is 4.98. The highest BCUT2D eigenvalue weighted by Gasteiger charge is 2.42. The van der Waals surface area contributed by atoms with Crippen LogP contribution in [-0.2, 0) is 5.41 Å². The van der Waals surface area contributed by atoms with E-state index in [9.17, 15) is 0 Å². The van der Waals surface area contributed by atoms with Gasteiger partial charge in [-0.15, -0.1) is 10.2 Å². The topological polar surface area (TPSA) is 56.7 Å². The summed E-state index contributed by atoms with van der Waals surface area (Å²) >= 11 is 0. The summed E-state index contributed by atoms with van der Waals surface area (Å²) in [6.07, 6.45) is 10.3. The molecule has 2 aliphatic rings. The maximum absolute atomic E-state index is 6.03. The van der Waals surface area contributed by atoms with Crippen molar-refractivity contribution in [2.45, 2.75) is 69.7 Å². The minimum atomic E-state index is 0.138. The first-order valence-corrected chi connectivity index (χ1v) is 7.39. The lowest BCUT2D eigenvalue weighted by Gasteiger charge is -2.41. The van der Waals surface area contributed by atoms with Crippen LogP contribution in [0.3, 0.4) is 0 Å². The maximum Gasteiger partial charge on any atom is 0.140 e. The summed E-state index contributed by atoms with van der Waals surface area (Å²) in [5.41, 5.74) is 6.17. The van der Waals surface area contributed by atoms with Gasteiger partial charge in [-0.25, -0.2) is 0 Å². The highest BCUT2D eigenvalue weighted by molar-refractivity contribution is 5.17. The molecule has 0 bridgehead atoms. The molecule has 1 aromatic rings. The molecule has 4 nitrogen and oxygen atoms in total. The zero-order valence-electron chi connectivity index (χ0n) is 11.4. The standard InChI is InChI=1S/C14H24N4/c1-11-16-17-13(14(10-15)8-5-9-14)18(11)12-6-3-2-4-7-12/h12H,2-10,15H2,1H3. The molecule has 3 rings (SSSR count). The molecule has 0 atom stereocenters. The van der Waals surface area contributed by atoms with Crippen LogP contribution in [0.4, 0.5) is 0 Å². The van der Waals surface area contributed by atoms with Gasteiger partial charge in [-0.3, -0.25) is 0 Å². The lowest BCUT2D eigenvalue weighted by atomic mass is 9.68. The maximum atomic E-state index is 6.03. The summed E-state index contributed by atoms with van der Waals surface area (Å²) in [6, 6.07) is 0.618. The Kier molecular flexibility index (Phi) is 3.14. The average molecular weight is 248 g/mol. The van der Waals surface area contributed by atoms with Gasteiger partial charge in [0.05, 0.1) is 0 Å². The van der Waals surface area contributed by atoms with Gasteiger partial charge in [-0.1, -0.05) is 25.7 Å². The molecule has 0 aliphatic heterocycles. The van der Waals surface area contributed by atoms with Gasteiger partial charge in [0.2, 0.25) is 0 Å². The predicted molar refractivity (Wildman–Crippen MR) is 71.5 cm³/mol. The second-order valence-corrected chi connectivity index (χ2v) is 6.07. The van der Waals surface area contributed by atoms with Crippen molar-refractivity contribution in [3.63, 3.8) is 0 Å². The molecule has 2 fully saturated rings. The van der Waals surface area contributed by atoms with E-state index in [2.05, 4.69) is 21.7 Å². The van der Waals surface area contributed by atoms with Crippen LogP contribution in [-0.4, -0.2) is 21.3 Å². The number of hydrogen-bond acceptors (Lipinski definition) is 3. The first kappa shape index (κ1) is 12.2. The number of hydrogen-bond donors (Lipinski definition) is 1. The average Bonchev–Trinajstić information content (AvgIpc) is 2.72. The van der Waals surface area contributed by atoms with E-state index in [-0.39, 0.29) is 5.41 Å². The zero-order chi connectivity index (χ0) is 12.6. The van der Waals surface area contributed by atoms with Gasteiger partial charge in [-0.2, -0.15) is 0 Å². The second kappa shape index (κ2) is 4.65. The molecule has 2 aliphatic carbocycles. The van der Waals surface area contributed by atoms with Gasteiger partial charge in [0, 0.05) is 18.0 Å². The molecule has 1 heterocycles. The van der Waals surface area contributed by atoms with Crippen LogP contribution >= 0.6 is 0 Å².